The number of nitrogens with two attached hydrogens (primary N) is 1. The first-order chi connectivity index (χ1) is 9.15. The Labute approximate surface area is 118 Å². The van der Waals surface area contributed by atoms with Gasteiger partial charge in [0.15, 0.2) is 11.3 Å². The van der Waals surface area contributed by atoms with Gasteiger partial charge in [-0.3, -0.25) is 0 Å². The summed E-state index contributed by atoms with van der Waals surface area (Å²) in [5.74, 6) is -0.738. The summed E-state index contributed by atoms with van der Waals surface area (Å²) >= 11 is 0. The van der Waals surface area contributed by atoms with Gasteiger partial charge in [-0.2, -0.15) is 0 Å². The molecule has 0 radical (unpaired) electrons. The molecule has 0 fully saturated rings. The van der Waals surface area contributed by atoms with E-state index < -0.39 is 11.6 Å². The number of hydrogen-bond donors (Lipinski definition) is 1. The second-order valence-electron chi connectivity index (χ2n) is 4.05. The molecule has 2 aromatic heterocycles. The molecule has 104 valence electrons. The first-order valence-corrected chi connectivity index (χ1v) is 5.53. The van der Waals surface area contributed by atoms with E-state index in [4.69, 9.17) is 5.73 Å². The summed E-state index contributed by atoms with van der Waals surface area (Å²) in [5, 5.41) is 7.76. The molecule has 3 rings (SSSR count). The number of nitrogen functional groups attached to an aromatic ring is 1. The fourth-order valence-corrected chi connectivity index (χ4v) is 1.86. The summed E-state index contributed by atoms with van der Waals surface area (Å²) in [5.41, 5.74) is 6.92. The SMILES string of the molecule is Cl.Nc1nccc2c1nnn2Cc1cc(F)ccc1F. The molecule has 0 aliphatic heterocycles. The summed E-state index contributed by atoms with van der Waals surface area (Å²) in [6.45, 7) is 0.0730. The van der Waals surface area contributed by atoms with Gasteiger partial charge in [0.05, 0.1) is 12.1 Å². The van der Waals surface area contributed by atoms with Crippen molar-refractivity contribution >= 4 is 29.3 Å². The Bertz CT molecular complexity index is 759. The largest absolute Gasteiger partial charge is 0.382 e. The van der Waals surface area contributed by atoms with E-state index in [2.05, 4.69) is 15.3 Å². The van der Waals surface area contributed by atoms with Crippen molar-refractivity contribution in [1.82, 2.24) is 20.0 Å². The molecule has 0 aliphatic carbocycles. The molecular weight excluding hydrogens is 288 g/mol. The summed E-state index contributed by atoms with van der Waals surface area (Å²) in [6.07, 6.45) is 1.51. The number of anilines is 1. The van der Waals surface area contributed by atoms with E-state index in [0.29, 0.717) is 11.0 Å². The molecule has 0 saturated heterocycles. The molecule has 2 heterocycles. The molecular formula is C12H10ClF2N5. The Balaban J connectivity index is 0.00000147. The van der Waals surface area contributed by atoms with Crippen molar-refractivity contribution in [3.63, 3.8) is 0 Å². The third-order valence-corrected chi connectivity index (χ3v) is 2.79. The average molecular weight is 298 g/mol. The number of hydrogen-bond acceptors (Lipinski definition) is 4. The maximum Gasteiger partial charge on any atom is 0.155 e. The van der Waals surface area contributed by atoms with E-state index in [-0.39, 0.29) is 30.3 Å². The van der Waals surface area contributed by atoms with Gasteiger partial charge in [-0.05, 0) is 24.3 Å². The molecule has 8 heteroatoms. The molecule has 0 aliphatic rings. The second-order valence-corrected chi connectivity index (χ2v) is 4.05. The fourth-order valence-electron chi connectivity index (χ4n) is 1.86. The lowest BCUT2D eigenvalue weighted by atomic mass is 10.2. The molecule has 20 heavy (non-hydrogen) atoms. The average Bonchev–Trinajstić information content (AvgIpc) is 2.79. The van der Waals surface area contributed by atoms with Crippen molar-refractivity contribution < 1.29 is 8.78 Å². The molecule has 0 saturated carbocycles. The molecule has 2 N–H and O–H groups in total. The van der Waals surface area contributed by atoms with E-state index in [0.717, 1.165) is 18.2 Å². The van der Waals surface area contributed by atoms with Crippen molar-refractivity contribution in [2.45, 2.75) is 6.54 Å². The molecule has 3 aromatic rings. The first-order valence-electron chi connectivity index (χ1n) is 5.53. The molecule has 0 amide bonds. The normalized spacial score (nSPS) is 10.5. The van der Waals surface area contributed by atoms with Crippen LogP contribution in [0.3, 0.4) is 0 Å². The monoisotopic (exact) mass is 297 g/mol. The quantitative estimate of drug-likeness (QED) is 0.787. The second kappa shape index (κ2) is 5.38. The highest BCUT2D eigenvalue weighted by Gasteiger charge is 2.11. The first kappa shape index (κ1) is 14.1. The van der Waals surface area contributed by atoms with E-state index in [1.54, 1.807) is 6.07 Å². The van der Waals surface area contributed by atoms with Crippen molar-refractivity contribution in [2.75, 3.05) is 5.73 Å². The van der Waals surface area contributed by atoms with E-state index in [9.17, 15) is 8.78 Å². The summed E-state index contributed by atoms with van der Waals surface area (Å²) in [7, 11) is 0. The van der Waals surface area contributed by atoms with E-state index in [1.165, 1.54) is 10.9 Å². The molecule has 0 atom stereocenters. The number of benzene rings is 1. The molecule has 0 spiro atoms. The van der Waals surface area contributed by atoms with Crippen LogP contribution in [-0.4, -0.2) is 20.0 Å². The van der Waals surface area contributed by atoms with Crippen LogP contribution in [0.5, 0.6) is 0 Å². The Hall–Kier alpha value is -2.28. The lowest BCUT2D eigenvalue weighted by Gasteiger charge is -2.04. The van der Waals surface area contributed by atoms with E-state index in [1.807, 2.05) is 0 Å². The Morgan fingerprint density at radius 3 is 2.80 bits per heavy atom. The Morgan fingerprint density at radius 1 is 1.20 bits per heavy atom. The van der Waals surface area contributed by atoms with Gasteiger partial charge in [0.2, 0.25) is 0 Å². The van der Waals surface area contributed by atoms with Gasteiger partial charge in [0.1, 0.15) is 11.6 Å². The van der Waals surface area contributed by atoms with Crippen molar-refractivity contribution in [3.8, 4) is 0 Å². The van der Waals surface area contributed by atoms with Gasteiger partial charge in [-0.15, -0.1) is 17.5 Å². The standard InChI is InChI=1S/C12H9F2N5.ClH/c13-8-1-2-9(14)7(5-8)6-19-10-3-4-16-12(15)11(10)17-18-19;/h1-5H,6H2,(H2,15,16);1H. The summed E-state index contributed by atoms with van der Waals surface area (Å²) < 4.78 is 28.1. The van der Waals surface area contributed by atoms with E-state index >= 15 is 0 Å². The minimum absolute atomic E-state index is 0. The fraction of sp³-hybridized carbons (Fsp3) is 0.0833. The van der Waals surface area contributed by atoms with Crippen LogP contribution in [0.25, 0.3) is 11.0 Å². The maximum atomic E-state index is 13.6. The minimum atomic E-state index is -0.498. The minimum Gasteiger partial charge on any atom is -0.382 e. The number of fused-ring (bicyclic) bond motifs is 1. The summed E-state index contributed by atoms with van der Waals surface area (Å²) in [6, 6.07) is 4.95. The third kappa shape index (κ3) is 2.39. The highest BCUT2D eigenvalue weighted by atomic mass is 35.5. The van der Waals surface area contributed by atoms with Crippen molar-refractivity contribution in [2.24, 2.45) is 0 Å². The molecule has 0 bridgehead atoms. The van der Waals surface area contributed by atoms with Crippen LogP contribution in [0.4, 0.5) is 14.6 Å². The highest BCUT2D eigenvalue weighted by Crippen LogP contribution is 2.17. The van der Waals surface area contributed by atoms with Crippen LogP contribution in [0.2, 0.25) is 0 Å². The number of aromatic nitrogens is 4. The highest BCUT2D eigenvalue weighted by molar-refractivity contribution is 5.85. The zero-order valence-corrected chi connectivity index (χ0v) is 10.9. The van der Waals surface area contributed by atoms with Crippen molar-refractivity contribution in [3.05, 3.63) is 47.7 Å². The molecule has 5 nitrogen and oxygen atoms in total. The number of nitrogens with zero attached hydrogens (tertiary/aromatic N) is 4. The topological polar surface area (TPSA) is 69.6 Å². The van der Waals surface area contributed by atoms with Crippen LogP contribution in [-0.2, 0) is 6.54 Å². The smallest absolute Gasteiger partial charge is 0.155 e. The molecule has 1 aromatic carbocycles. The summed E-state index contributed by atoms with van der Waals surface area (Å²) in [4.78, 5) is 3.89. The predicted octanol–water partition coefficient (Wildman–Crippen LogP) is 2.16. The lowest BCUT2D eigenvalue weighted by Crippen LogP contribution is -2.04. The zero-order chi connectivity index (χ0) is 13.4. The third-order valence-electron chi connectivity index (χ3n) is 2.79. The Morgan fingerprint density at radius 2 is 2.00 bits per heavy atom. The van der Waals surface area contributed by atoms with Crippen LogP contribution >= 0.6 is 12.4 Å². The zero-order valence-electron chi connectivity index (χ0n) is 10.1. The van der Waals surface area contributed by atoms with Crippen LogP contribution in [0, 0.1) is 11.6 Å². The van der Waals surface area contributed by atoms with Gasteiger partial charge < -0.3 is 5.73 Å². The number of pyridine rings is 1. The van der Waals surface area contributed by atoms with Gasteiger partial charge >= 0.3 is 0 Å². The van der Waals surface area contributed by atoms with Crippen LogP contribution in [0.1, 0.15) is 5.56 Å². The van der Waals surface area contributed by atoms with Gasteiger partial charge in [-0.25, -0.2) is 18.4 Å². The van der Waals surface area contributed by atoms with Crippen molar-refractivity contribution in [1.29, 1.82) is 0 Å². The van der Waals surface area contributed by atoms with Crippen LogP contribution < -0.4 is 5.73 Å². The Kier molecular flexibility index (Phi) is 3.80. The van der Waals surface area contributed by atoms with Gasteiger partial charge in [0, 0.05) is 11.8 Å². The van der Waals surface area contributed by atoms with Crippen LogP contribution in [0.15, 0.2) is 30.5 Å². The number of rotatable bonds is 2. The number of halogens is 3. The maximum absolute atomic E-state index is 13.6. The van der Waals surface area contributed by atoms with Gasteiger partial charge in [-0.1, -0.05) is 5.21 Å². The van der Waals surface area contributed by atoms with Gasteiger partial charge in [0.25, 0.3) is 0 Å². The predicted molar refractivity (Wildman–Crippen MR) is 72.4 cm³/mol. The lowest BCUT2D eigenvalue weighted by molar-refractivity contribution is 0.565. The molecule has 0 unspecified atom stereocenters.